The van der Waals surface area contributed by atoms with Crippen LogP contribution in [0.5, 0.6) is 0 Å². The van der Waals surface area contributed by atoms with Gasteiger partial charge < -0.3 is 10.4 Å². The molecule has 76 valence electrons. The van der Waals surface area contributed by atoms with Crippen molar-refractivity contribution in [3.8, 4) is 0 Å². The molecule has 5 heteroatoms. The number of amides is 1. The second-order valence-corrected chi connectivity index (χ2v) is 3.59. The Morgan fingerprint density at radius 1 is 1.53 bits per heavy atom. The second kappa shape index (κ2) is 2.80. The van der Waals surface area contributed by atoms with Crippen LogP contribution in [0.4, 0.5) is 5.69 Å². The van der Waals surface area contributed by atoms with Gasteiger partial charge in [-0.25, -0.2) is 0 Å². The molecule has 0 saturated heterocycles. The number of anilines is 1. The fourth-order valence-corrected chi connectivity index (χ4v) is 1.93. The summed E-state index contributed by atoms with van der Waals surface area (Å²) in [6.07, 6.45) is 1.71. The molecule has 0 unspecified atom stereocenters. The summed E-state index contributed by atoms with van der Waals surface area (Å²) in [6.45, 7) is 0.221. The van der Waals surface area contributed by atoms with Crippen molar-refractivity contribution in [2.45, 2.75) is 13.2 Å². The minimum Gasteiger partial charge on any atom is -0.392 e. The third kappa shape index (κ3) is 1.13. The van der Waals surface area contributed by atoms with E-state index in [-0.39, 0.29) is 19.1 Å². The Balaban J connectivity index is 2.35. The van der Waals surface area contributed by atoms with Gasteiger partial charge in [-0.05, 0) is 17.7 Å². The molecule has 2 N–H and O–H groups in total. The maximum absolute atomic E-state index is 11.3. The number of nitrogens with zero attached hydrogens (tertiary/aromatic N) is 2. The van der Waals surface area contributed by atoms with Crippen LogP contribution in [0.2, 0.25) is 0 Å². The molecule has 1 aliphatic heterocycles. The van der Waals surface area contributed by atoms with Gasteiger partial charge in [-0.2, -0.15) is 5.10 Å². The Bertz CT molecular complexity index is 559. The maximum Gasteiger partial charge on any atom is 0.246 e. The average molecular weight is 203 g/mol. The van der Waals surface area contributed by atoms with Gasteiger partial charge in [-0.1, -0.05) is 0 Å². The van der Waals surface area contributed by atoms with Crippen molar-refractivity contribution in [1.29, 1.82) is 0 Å². The van der Waals surface area contributed by atoms with E-state index in [1.165, 1.54) is 0 Å². The van der Waals surface area contributed by atoms with Crippen molar-refractivity contribution < 1.29 is 9.90 Å². The van der Waals surface area contributed by atoms with Gasteiger partial charge in [0.1, 0.15) is 6.54 Å². The van der Waals surface area contributed by atoms with Gasteiger partial charge in [0.15, 0.2) is 0 Å². The number of hydrogen-bond donors (Lipinski definition) is 2. The fraction of sp³-hybridized carbons (Fsp3) is 0.200. The Labute approximate surface area is 85.3 Å². The van der Waals surface area contributed by atoms with E-state index in [2.05, 4.69) is 10.4 Å². The number of carbonyl (C=O) groups is 1. The number of benzene rings is 1. The van der Waals surface area contributed by atoms with E-state index in [0.29, 0.717) is 0 Å². The summed E-state index contributed by atoms with van der Waals surface area (Å²) in [5.41, 5.74) is 2.43. The van der Waals surface area contributed by atoms with Crippen molar-refractivity contribution in [1.82, 2.24) is 9.78 Å². The largest absolute Gasteiger partial charge is 0.392 e. The van der Waals surface area contributed by atoms with E-state index in [1.807, 2.05) is 6.07 Å². The molecular weight excluding hydrogens is 194 g/mol. The topological polar surface area (TPSA) is 67.2 Å². The second-order valence-electron chi connectivity index (χ2n) is 3.59. The summed E-state index contributed by atoms with van der Waals surface area (Å²) < 4.78 is 1.67. The first-order chi connectivity index (χ1) is 7.28. The van der Waals surface area contributed by atoms with Crippen LogP contribution < -0.4 is 5.32 Å². The van der Waals surface area contributed by atoms with Crippen molar-refractivity contribution in [2.75, 3.05) is 5.32 Å². The Morgan fingerprint density at radius 3 is 3.20 bits per heavy atom. The van der Waals surface area contributed by atoms with Crippen LogP contribution in [0.1, 0.15) is 5.56 Å². The lowest BCUT2D eigenvalue weighted by Crippen LogP contribution is -2.24. The molecule has 0 saturated carbocycles. The zero-order valence-electron chi connectivity index (χ0n) is 7.90. The van der Waals surface area contributed by atoms with Crippen LogP contribution in [-0.2, 0) is 17.9 Å². The quantitative estimate of drug-likeness (QED) is 0.708. The molecule has 5 nitrogen and oxygen atoms in total. The number of rotatable bonds is 1. The van der Waals surface area contributed by atoms with Gasteiger partial charge in [0, 0.05) is 5.39 Å². The van der Waals surface area contributed by atoms with E-state index in [9.17, 15) is 4.79 Å². The average Bonchev–Trinajstić information content (AvgIpc) is 2.62. The lowest BCUT2D eigenvalue weighted by atomic mass is 10.1. The molecule has 15 heavy (non-hydrogen) atoms. The predicted molar refractivity (Wildman–Crippen MR) is 54.3 cm³/mol. The molecule has 1 aliphatic rings. The standard InChI is InChI=1S/C10H9N3O2/c14-5-6-1-7-3-11-13-4-9(15)12-8(2-6)10(7)13/h1-3,14H,4-5H2,(H,12,15). The number of aromatic nitrogens is 2. The molecular formula is C10H9N3O2. The summed E-state index contributed by atoms with van der Waals surface area (Å²) in [5.74, 6) is -0.0809. The minimum atomic E-state index is -0.0809. The van der Waals surface area contributed by atoms with Crippen molar-refractivity contribution in [2.24, 2.45) is 0 Å². The highest BCUT2D eigenvalue weighted by Crippen LogP contribution is 2.28. The van der Waals surface area contributed by atoms with Crippen LogP contribution in [0, 0.1) is 0 Å². The van der Waals surface area contributed by atoms with Crippen LogP contribution in [0.3, 0.4) is 0 Å². The molecule has 0 atom stereocenters. The summed E-state index contributed by atoms with van der Waals surface area (Å²) >= 11 is 0. The number of aliphatic hydroxyl groups is 1. The number of carbonyl (C=O) groups excluding carboxylic acids is 1. The van der Waals surface area contributed by atoms with Crippen LogP contribution in [0.15, 0.2) is 18.3 Å². The third-order valence-electron chi connectivity index (χ3n) is 2.54. The first-order valence-electron chi connectivity index (χ1n) is 4.67. The first kappa shape index (κ1) is 8.43. The number of nitrogens with one attached hydrogen (secondary N) is 1. The monoisotopic (exact) mass is 203 g/mol. The Kier molecular flexibility index (Phi) is 1.58. The lowest BCUT2D eigenvalue weighted by molar-refractivity contribution is -0.117. The molecule has 2 heterocycles. The van der Waals surface area contributed by atoms with Crippen LogP contribution >= 0.6 is 0 Å². The summed E-state index contributed by atoms with van der Waals surface area (Å²) in [4.78, 5) is 11.3. The van der Waals surface area contributed by atoms with E-state index >= 15 is 0 Å². The minimum absolute atomic E-state index is 0.0377. The van der Waals surface area contributed by atoms with E-state index in [4.69, 9.17) is 5.11 Å². The molecule has 0 fully saturated rings. The van der Waals surface area contributed by atoms with Crippen LogP contribution in [0.25, 0.3) is 10.9 Å². The molecule has 3 rings (SSSR count). The lowest BCUT2D eigenvalue weighted by Gasteiger charge is -2.15. The van der Waals surface area contributed by atoms with Gasteiger partial charge in [0.25, 0.3) is 0 Å². The van der Waals surface area contributed by atoms with Gasteiger partial charge in [-0.3, -0.25) is 9.48 Å². The highest BCUT2D eigenvalue weighted by molar-refractivity contribution is 6.04. The number of hydrogen-bond acceptors (Lipinski definition) is 3. The van der Waals surface area contributed by atoms with Gasteiger partial charge in [-0.15, -0.1) is 0 Å². The normalized spacial score (nSPS) is 14.3. The van der Waals surface area contributed by atoms with E-state index in [0.717, 1.165) is 22.2 Å². The Morgan fingerprint density at radius 2 is 2.40 bits per heavy atom. The van der Waals surface area contributed by atoms with Crippen molar-refractivity contribution in [3.05, 3.63) is 23.9 Å². The van der Waals surface area contributed by atoms with Crippen molar-refractivity contribution in [3.63, 3.8) is 0 Å². The van der Waals surface area contributed by atoms with Crippen LogP contribution in [-0.4, -0.2) is 20.8 Å². The molecule has 1 aromatic heterocycles. The third-order valence-corrected chi connectivity index (χ3v) is 2.54. The molecule has 2 aromatic rings. The van der Waals surface area contributed by atoms with Crippen molar-refractivity contribution >= 4 is 22.5 Å². The molecule has 1 aromatic carbocycles. The predicted octanol–water partition coefficient (Wildman–Crippen LogP) is 0.481. The summed E-state index contributed by atoms with van der Waals surface area (Å²) in [7, 11) is 0. The molecule has 0 radical (unpaired) electrons. The van der Waals surface area contributed by atoms with Gasteiger partial charge in [0.2, 0.25) is 5.91 Å². The first-order valence-corrected chi connectivity index (χ1v) is 4.67. The summed E-state index contributed by atoms with van der Waals surface area (Å²) in [5, 5.41) is 16.9. The highest BCUT2D eigenvalue weighted by atomic mass is 16.3. The fourth-order valence-electron chi connectivity index (χ4n) is 1.93. The summed E-state index contributed by atoms with van der Waals surface area (Å²) in [6, 6.07) is 3.65. The highest BCUT2D eigenvalue weighted by Gasteiger charge is 2.18. The number of aliphatic hydroxyl groups excluding tert-OH is 1. The van der Waals surface area contributed by atoms with E-state index < -0.39 is 0 Å². The SMILES string of the molecule is O=C1Cn2ncc3cc(CO)cc(c32)N1. The Hall–Kier alpha value is -1.88. The van der Waals surface area contributed by atoms with E-state index in [1.54, 1.807) is 16.9 Å². The smallest absolute Gasteiger partial charge is 0.246 e. The zero-order chi connectivity index (χ0) is 10.4. The molecule has 0 spiro atoms. The zero-order valence-corrected chi connectivity index (χ0v) is 7.90. The molecule has 0 bridgehead atoms. The molecule has 1 amide bonds. The van der Waals surface area contributed by atoms with Gasteiger partial charge in [0.05, 0.1) is 24.0 Å². The maximum atomic E-state index is 11.3. The van der Waals surface area contributed by atoms with Gasteiger partial charge >= 0.3 is 0 Å². The molecule has 0 aliphatic carbocycles.